The van der Waals surface area contributed by atoms with Gasteiger partial charge >= 0.3 is 0 Å². The van der Waals surface area contributed by atoms with Crippen LogP contribution in [0.4, 0.5) is 8.78 Å². The zero-order valence-electron chi connectivity index (χ0n) is 13.6. The van der Waals surface area contributed by atoms with E-state index in [1.165, 1.54) is 19.3 Å². The predicted octanol–water partition coefficient (Wildman–Crippen LogP) is 2.71. The molecule has 1 aliphatic heterocycles. The zero-order valence-corrected chi connectivity index (χ0v) is 14.4. The summed E-state index contributed by atoms with van der Waals surface area (Å²) in [5.41, 5.74) is 0. The number of nitrogens with zero attached hydrogens (tertiary/aromatic N) is 2. The van der Waals surface area contributed by atoms with E-state index in [9.17, 15) is 13.6 Å². The SMILES string of the molecule is CC(NC(=O)C1CC(F)(F)CN1)c1nc(C2CCCCC2)no1.Cl. The Hall–Kier alpha value is -1.28. The lowest BCUT2D eigenvalue weighted by Crippen LogP contribution is -2.41. The second-order valence-corrected chi connectivity index (χ2v) is 6.55. The van der Waals surface area contributed by atoms with Crippen molar-refractivity contribution >= 4 is 18.3 Å². The molecule has 2 atom stereocenters. The highest BCUT2D eigenvalue weighted by Crippen LogP contribution is 2.31. The highest BCUT2D eigenvalue weighted by molar-refractivity contribution is 5.85. The van der Waals surface area contributed by atoms with E-state index in [-0.39, 0.29) is 12.4 Å². The van der Waals surface area contributed by atoms with Crippen LogP contribution in [-0.2, 0) is 4.79 Å². The lowest BCUT2D eigenvalue weighted by Gasteiger charge is -2.17. The molecule has 0 bridgehead atoms. The third-order valence-corrected chi connectivity index (χ3v) is 4.58. The molecule has 0 aromatic carbocycles. The second kappa shape index (κ2) is 7.74. The quantitative estimate of drug-likeness (QED) is 0.858. The van der Waals surface area contributed by atoms with E-state index in [2.05, 4.69) is 20.8 Å². The molecule has 2 fully saturated rings. The van der Waals surface area contributed by atoms with Crippen molar-refractivity contribution in [1.82, 2.24) is 20.8 Å². The number of hydrogen-bond donors (Lipinski definition) is 2. The van der Waals surface area contributed by atoms with E-state index in [4.69, 9.17) is 4.52 Å². The maximum Gasteiger partial charge on any atom is 0.262 e. The van der Waals surface area contributed by atoms with Gasteiger partial charge in [0.1, 0.15) is 6.04 Å². The standard InChI is InChI=1S/C15H22F2N4O2.ClH/c1-9(19-13(22)11-7-15(16,17)8-18-11)14-20-12(21-23-14)10-5-3-2-4-6-10;/h9-11,18H,2-8H2,1H3,(H,19,22);1H. The molecule has 1 aliphatic carbocycles. The molecule has 3 rings (SSSR count). The molecule has 1 aromatic heterocycles. The minimum Gasteiger partial charge on any atom is -0.343 e. The summed E-state index contributed by atoms with van der Waals surface area (Å²) in [6.45, 7) is 1.25. The van der Waals surface area contributed by atoms with Gasteiger partial charge in [-0.3, -0.25) is 10.1 Å². The van der Waals surface area contributed by atoms with Gasteiger partial charge in [0.15, 0.2) is 5.82 Å². The van der Waals surface area contributed by atoms with E-state index in [1.54, 1.807) is 6.92 Å². The van der Waals surface area contributed by atoms with Crippen molar-refractivity contribution in [3.8, 4) is 0 Å². The number of amides is 1. The summed E-state index contributed by atoms with van der Waals surface area (Å²) in [6.07, 6.45) is 5.21. The second-order valence-electron chi connectivity index (χ2n) is 6.55. The monoisotopic (exact) mass is 364 g/mol. The van der Waals surface area contributed by atoms with Crippen LogP contribution in [0, 0.1) is 0 Å². The van der Waals surface area contributed by atoms with Gasteiger partial charge in [-0.05, 0) is 19.8 Å². The first kappa shape index (κ1) is 19.1. The summed E-state index contributed by atoms with van der Waals surface area (Å²) in [4.78, 5) is 16.4. The number of halogens is 3. The summed E-state index contributed by atoms with van der Waals surface area (Å²) in [7, 11) is 0. The highest BCUT2D eigenvalue weighted by Gasteiger charge is 2.42. The van der Waals surface area contributed by atoms with Gasteiger partial charge in [0.05, 0.1) is 12.6 Å². The molecule has 1 amide bonds. The average Bonchev–Trinajstić information content (AvgIpc) is 3.15. The number of carbonyl (C=O) groups is 1. The molecule has 2 N–H and O–H groups in total. The minimum atomic E-state index is -2.83. The van der Waals surface area contributed by atoms with Gasteiger partial charge in [-0.25, -0.2) is 8.78 Å². The van der Waals surface area contributed by atoms with Gasteiger partial charge in [-0.2, -0.15) is 4.98 Å². The van der Waals surface area contributed by atoms with Crippen LogP contribution in [-0.4, -0.2) is 34.6 Å². The van der Waals surface area contributed by atoms with E-state index < -0.39 is 36.9 Å². The van der Waals surface area contributed by atoms with Gasteiger partial charge in [0, 0.05) is 12.3 Å². The van der Waals surface area contributed by atoms with Crippen LogP contribution in [0.3, 0.4) is 0 Å². The maximum atomic E-state index is 13.1. The molecule has 0 spiro atoms. The Bertz CT molecular complexity index is 563. The summed E-state index contributed by atoms with van der Waals surface area (Å²) < 4.78 is 31.5. The van der Waals surface area contributed by atoms with E-state index in [0.717, 1.165) is 12.8 Å². The van der Waals surface area contributed by atoms with Crippen molar-refractivity contribution in [2.45, 2.75) is 69.4 Å². The van der Waals surface area contributed by atoms with Gasteiger partial charge in [0.2, 0.25) is 11.8 Å². The first-order valence-corrected chi connectivity index (χ1v) is 8.20. The lowest BCUT2D eigenvalue weighted by molar-refractivity contribution is -0.124. The Labute approximate surface area is 145 Å². The number of rotatable bonds is 4. The third-order valence-electron chi connectivity index (χ3n) is 4.58. The maximum absolute atomic E-state index is 13.1. The molecule has 136 valence electrons. The van der Waals surface area contributed by atoms with Crippen LogP contribution in [0.2, 0.25) is 0 Å². The molecule has 0 radical (unpaired) electrons. The Morgan fingerprint density at radius 3 is 2.71 bits per heavy atom. The van der Waals surface area contributed by atoms with E-state index in [1.807, 2.05) is 0 Å². The Kier molecular flexibility index (Phi) is 6.14. The van der Waals surface area contributed by atoms with Crippen molar-refractivity contribution in [2.24, 2.45) is 0 Å². The lowest BCUT2D eigenvalue weighted by atomic mass is 9.89. The summed E-state index contributed by atoms with van der Waals surface area (Å²) in [6, 6.07) is -1.38. The van der Waals surface area contributed by atoms with Crippen LogP contribution < -0.4 is 10.6 Å². The number of aromatic nitrogens is 2. The average molecular weight is 365 g/mol. The normalized spacial score (nSPS) is 25.0. The van der Waals surface area contributed by atoms with Crippen molar-refractivity contribution in [1.29, 1.82) is 0 Å². The van der Waals surface area contributed by atoms with Crippen molar-refractivity contribution in [2.75, 3.05) is 6.54 Å². The smallest absolute Gasteiger partial charge is 0.262 e. The molecule has 2 heterocycles. The van der Waals surface area contributed by atoms with Gasteiger partial charge in [-0.15, -0.1) is 12.4 Å². The fourth-order valence-corrected chi connectivity index (χ4v) is 3.23. The molecule has 6 nitrogen and oxygen atoms in total. The topological polar surface area (TPSA) is 80.0 Å². The minimum absolute atomic E-state index is 0. The first-order valence-electron chi connectivity index (χ1n) is 8.20. The molecular formula is C15H23ClF2N4O2. The zero-order chi connectivity index (χ0) is 16.4. The van der Waals surface area contributed by atoms with Gasteiger partial charge < -0.3 is 9.84 Å². The third kappa shape index (κ3) is 4.42. The Morgan fingerprint density at radius 1 is 1.38 bits per heavy atom. The van der Waals surface area contributed by atoms with Crippen LogP contribution in [0.1, 0.15) is 69.1 Å². The van der Waals surface area contributed by atoms with Crippen LogP contribution >= 0.6 is 12.4 Å². The van der Waals surface area contributed by atoms with E-state index >= 15 is 0 Å². The first-order chi connectivity index (χ1) is 10.9. The fraction of sp³-hybridized carbons (Fsp3) is 0.800. The molecule has 9 heteroatoms. The predicted molar refractivity (Wildman–Crippen MR) is 85.3 cm³/mol. The van der Waals surface area contributed by atoms with Crippen molar-refractivity contribution < 1.29 is 18.1 Å². The van der Waals surface area contributed by atoms with E-state index in [0.29, 0.717) is 17.6 Å². The summed E-state index contributed by atoms with van der Waals surface area (Å²) >= 11 is 0. The highest BCUT2D eigenvalue weighted by atomic mass is 35.5. The van der Waals surface area contributed by atoms with Crippen molar-refractivity contribution in [3.63, 3.8) is 0 Å². The summed E-state index contributed by atoms with van der Waals surface area (Å²) in [5.74, 6) is -1.97. The van der Waals surface area contributed by atoms with Gasteiger partial charge in [-0.1, -0.05) is 24.4 Å². The molecule has 1 aromatic rings. The largest absolute Gasteiger partial charge is 0.343 e. The Balaban J connectivity index is 0.00000208. The number of carbonyl (C=O) groups excluding carboxylic acids is 1. The molecular weight excluding hydrogens is 342 g/mol. The molecule has 1 saturated carbocycles. The van der Waals surface area contributed by atoms with Crippen LogP contribution in [0.25, 0.3) is 0 Å². The Morgan fingerprint density at radius 2 is 2.08 bits per heavy atom. The van der Waals surface area contributed by atoms with Crippen LogP contribution in [0.15, 0.2) is 4.52 Å². The molecule has 2 aliphatic rings. The molecule has 2 unspecified atom stereocenters. The molecule has 1 saturated heterocycles. The number of nitrogens with one attached hydrogen (secondary N) is 2. The molecule has 24 heavy (non-hydrogen) atoms. The number of alkyl halides is 2. The fourth-order valence-electron chi connectivity index (χ4n) is 3.23. The van der Waals surface area contributed by atoms with Crippen LogP contribution in [0.5, 0.6) is 0 Å². The van der Waals surface area contributed by atoms with Gasteiger partial charge in [0.25, 0.3) is 5.92 Å². The number of hydrogen-bond acceptors (Lipinski definition) is 5. The van der Waals surface area contributed by atoms with Crippen molar-refractivity contribution in [3.05, 3.63) is 11.7 Å². The summed E-state index contributed by atoms with van der Waals surface area (Å²) in [5, 5.41) is 9.21.